The van der Waals surface area contributed by atoms with E-state index >= 15 is 0 Å². The van der Waals surface area contributed by atoms with Gasteiger partial charge in [-0.05, 0) is 45.3 Å². The maximum Gasteiger partial charge on any atom is 0.339 e. The Kier molecular flexibility index (Phi) is 10.8. The van der Waals surface area contributed by atoms with Crippen LogP contribution in [-0.4, -0.2) is 34.1 Å². The first-order valence-corrected chi connectivity index (χ1v) is 11.1. The average molecular weight is 493 g/mol. The summed E-state index contributed by atoms with van der Waals surface area (Å²) in [5.41, 5.74) is 0.0535. The van der Waals surface area contributed by atoms with Crippen LogP contribution in [0.15, 0.2) is 0 Å². The summed E-state index contributed by atoms with van der Waals surface area (Å²) in [6.45, 7) is 0. The molecule has 4 amide bonds. The number of urea groups is 1. The second-order valence-corrected chi connectivity index (χ2v) is 11.3. The number of imide groups is 2. The fourth-order valence-corrected chi connectivity index (χ4v) is 1.74. The van der Waals surface area contributed by atoms with Crippen LogP contribution in [0.25, 0.3) is 0 Å². The van der Waals surface area contributed by atoms with Crippen molar-refractivity contribution in [2.45, 2.75) is 6.42 Å². The zero-order valence-electron chi connectivity index (χ0n) is 11.4. The van der Waals surface area contributed by atoms with E-state index in [0.29, 0.717) is 6.29 Å². The van der Waals surface area contributed by atoms with Gasteiger partial charge in [0.05, 0.1) is 5.56 Å². The molecule has 16 heteroatoms. The summed E-state index contributed by atoms with van der Waals surface area (Å²) in [4.78, 5) is 48.1. The third kappa shape index (κ3) is 12.3. The number of halogens is 6. The first-order chi connectivity index (χ1) is 11.3. The number of hydrogen-bond donors (Lipinski definition) is 2. The van der Waals surface area contributed by atoms with Crippen LogP contribution in [0.1, 0.15) is 16.8 Å². The largest absolute Gasteiger partial charge is 0.339 e. The van der Waals surface area contributed by atoms with Crippen molar-refractivity contribution in [3.8, 4) is 0 Å². The number of rotatable bonds is 1. The van der Waals surface area contributed by atoms with Crippen molar-refractivity contribution in [3.63, 3.8) is 0 Å². The van der Waals surface area contributed by atoms with Gasteiger partial charge in [0.15, 0.2) is 6.29 Å². The molecule has 2 N–H and O–H groups in total. The van der Waals surface area contributed by atoms with Crippen molar-refractivity contribution in [1.29, 1.82) is 0 Å². The number of barbiturate groups is 1. The molecule has 25 heavy (non-hydrogen) atoms. The Bertz CT molecular complexity index is 665. The summed E-state index contributed by atoms with van der Waals surface area (Å²) >= 11 is 30.2. The summed E-state index contributed by atoms with van der Waals surface area (Å²) in [6.07, 6.45) is 0.215. The highest BCUT2D eigenvalue weighted by Crippen LogP contribution is 2.61. The van der Waals surface area contributed by atoms with Crippen molar-refractivity contribution in [3.05, 3.63) is 21.2 Å². The summed E-state index contributed by atoms with van der Waals surface area (Å²) < 4.78 is 9.51. The van der Waals surface area contributed by atoms with Crippen molar-refractivity contribution in [2.75, 3.05) is 0 Å². The minimum Gasteiger partial charge on any atom is -0.298 e. The van der Waals surface area contributed by atoms with E-state index in [9.17, 15) is 23.7 Å². The highest BCUT2D eigenvalue weighted by Gasteiger charge is 2.20. The molecule has 0 unspecified atom stereocenters. The average Bonchev–Trinajstić information content (AvgIpc) is 2.34. The summed E-state index contributed by atoms with van der Waals surface area (Å²) in [5, 5.41) is 0.425. The lowest BCUT2D eigenvalue weighted by atomic mass is 10.3. The van der Waals surface area contributed by atoms with Gasteiger partial charge < -0.3 is 0 Å². The zero-order chi connectivity index (χ0) is 19.8. The van der Waals surface area contributed by atoms with Crippen LogP contribution in [-0.2, 0) is 14.2 Å². The predicted molar refractivity (Wildman–Crippen MR) is 93.9 cm³/mol. The van der Waals surface area contributed by atoms with E-state index < -0.39 is 23.0 Å². The first kappa shape index (κ1) is 24.3. The van der Waals surface area contributed by atoms with Gasteiger partial charge in [0, 0.05) is 0 Å². The van der Waals surface area contributed by atoms with Crippen molar-refractivity contribution in [1.82, 2.24) is 20.6 Å². The Labute approximate surface area is 169 Å². The van der Waals surface area contributed by atoms with E-state index in [1.807, 2.05) is 10.6 Å². The number of carbonyl (C=O) groups excluding carboxylic acids is 4. The van der Waals surface area contributed by atoms with Gasteiger partial charge in [-0.25, -0.2) is 14.8 Å². The Morgan fingerprint density at radius 2 is 1.28 bits per heavy atom. The molecule has 0 aromatic carbocycles. The van der Waals surface area contributed by atoms with Crippen LogP contribution in [0.5, 0.6) is 0 Å². The summed E-state index contributed by atoms with van der Waals surface area (Å²) in [5.74, 6) is -1.10. The molecular weight excluding hydrogens is 488 g/mol. The van der Waals surface area contributed by atoms with Gasteiger partial charge >= 0.3 is 11.2 Å². The van der Waals surface area contributed by atoms with Gasteiger partial charge in [0.2, 0.25) is 17.1 Å². The molecular formula is C9H5Cl6N4O5P. The molecule has 138 valence electrons. The normalized spacial score (nSPS) is 13.4. The van der Waals surface area contributed by atoms with E-state index in [-0.39, 0.29) is 27.6 Å². The summed E-state index contributed by atoms with van der Waals surface area (Å²) in [7, 11) is 0. The lowest BCUT2D eigenvalue weighted by Crippen LogP contribution is -2.49. The molecule has 0 saturated carbocycles. The number of aromatic nitrogens is 2. The second kappa shape index (κ2) is 11.1. The highest BCUT2D eigenvalue weighted by molar-refractivity contribution is 8.24. The number of nitrogens with zero attached hydrogens (tertiary/aromatic N) is 2. The molecule has 1 saturated heterocycles. The number of nitrogens with one attached hydrogen (secondary N) is 2. The third-order valence-electron chi connectivity index (χ3n) is 1.77. The van der Waals surface area contributed by atoms with Crippen LogP contribution in [0.4, 0.5) is 4.79 Å². The molecule has 0 spiro atoms. The smallest absolute Gasteiger partial charge is 0.298 e. The van der Waals surface area contributed by atoms with Crippen LogP contribution < -0.4 is 10.6 Å². The Morgan fingerprint density at radius 3 is 1.56 bits per heavy atom. The highest BCUT2D eigenvalue weighted by atomic mass is 36.0. The van der Waals surface area contributed by atoms with Gasteiger partial charge in [-0.15, -0.1) is 0 Å². The molecule has 2 heterocycles. The summed E-state index contributed by atoms with van der Waals surface area (Å²) in [6, 6.07) is -0.740. The molecule has 1 fully saturated rings. The topological polar surface area (TPSA) is 135 Å². The van der Waals surface area contributed by atoms with Crippen molar-refractivity contribution in [2.24, 2.45) is 0 Å². The van der Waals surface area contributed by atoms with Crippen LogP contribution in [0.2, 0.25) is 15.6 Å². The zero-order valence-corrected chi connectivity index (χ0v) is 16.9. The molecule has 0 atom stereocenters. The maximum atomic E-state index is 10.3. The molecule has 9 nitrogen and oxygen atoms in total. The molecule has 0 aliphatic carbocycles. The van der Waals surface area contributed by atoms with E-state index in [4.69, 9.17) is 34.8 Å². The van der Waals surface area contributed by atoms with Crippen molar-refractivity contribution >= 4 is 97.9 Å². The minimum atomic E-state index is -3.22. The Hall–Kier alpha value is -0.670. The van der Waals surface area contributed by atoms with Gasteiger partial charge in [-0.3, -0.25) is 29.6 Å². The fraction of sp³-hybridized carbons (Fsp3) is 0.111. The number of amides is 4. The fourth-order valence-electron chi connectivity index (χ4n) is 1.01. The lowest BCUT2D eigenvalue weighted by Gasteiger charge is -2.09. The lowest BCUT2D eigenvalue weighted by molar-refractivity contribution is -0.129. The van der Waals surface area contributed by atoms with Gasteiger partial charge in [-0.2, -0.15) is 0 Å². The SMILES string of the molecule is O=C1CC(=O)NC(=O)N1.O=Cc1c(Cl)nc(Cl)nc1Cl.O=P(Cl)(Cl)Cl. The Morgan fingerprint density at radius 1 is 0.920 bits per heavy atom. The van der Waals surface area contributed by atoms with E-state index in [2.05, 4.69) is 43.7 Å². The van der Waals surface area contributed by atoms with Gasteiger partial charge in [0.1, 0.15) is 16.7 Å². The molecule has 0 bridgehead atoms. The Balaban J connectivity index is 0.000000372. The predicted octanol–water partition coefficient (Wildman–Crippen LogP) is 3.80. The number of aldehydes is 1. The number of hydrogen-bond acceptors (Lipinski definition) is 7. The molecule has 2 rings (SSSR count). The van der Waals surface area contributed by atoms with E-state index in [1.165, 1.54) is 0 Å². The third-order valence-corrected chi connectivity index (χ3v) is 2.52. The van der Waals surface area contributed by atoms with Crippen LogP contribution in [0.3, 0.4) is 0 Å². The molecule has 1 aromatic rings. The van der Waals surface area contributed by atoms with E-state index in [1.54, 1.807) is 0 Å². The van der Waals surface area contributed by atoms with E-state index in [0.717, 1.165) is 0 Å². The minimum absolute atomic E-state index is 0.0370. The first-order valence-electron chi connectivity index (χ1n) is 5.49. The van der Waals surface area contributed by atoms with Crippen LogP contribution in [0, 0.1) is 0 Å². The number of carbonyl (C=O) groups is 4. The van der Waals surface area contributed by atoms with Crippen molar-refractivity contribution < 1.29 is 23.7 Å². The maximum absolute atomic E-state index is 10.3. The second-order valence-electron chi connectivity index (χ2n) is 3.61. The quantitative estimate of drug-likeness (QED) is 0.200. The van der Waals surface area contributed by atoms with Gasteiger partial charge in [0.25, 0.3) is 0 Å². The molecule has 1 aromatic heterocycles. The monoisotopic (exact) mass is 490 g/mol. The van der Waals surface area contributed by atoms with Crippen LogP contribution >= 0.6 is 73.7 Å². The standard InChI is InChI=1S/C5HCl3N2O.C4H4N2O3.Cl3OP/c6-3-2(1-11)4(7)10-5(8)9-3;7-2-1-3(8)6-4(9)5-2;1-5(2,3)4/h1H;1H2,(H2,5,6,7,8,9);. The molecule has 0 radical (unpaired) electrons. The van der Waals surface area contributed by atoms with Gasteiger partial charge in [-0.1, -0.05) is 23.2 Å². The molecule has 1 aliphatic heterocycles. The molecule has 1 aliphatic rings.